The molecule has 0 aliphatic rings. The second kappa shape index (κ2) is 3.64. The van der Waals surface area contributed by atoms with E-state index < -0.39 is 11.2 Å². The Kier molecular flexibility index (Phi) is 2.19. The Labute approximate surface area is 106 Å². The number of hydrogen-bond acceptors (Lipinski definition) is 4. The van der Waals surface area contributed by atoms with E-state index >= 15 is 0 Å². The topological polar surface area (TPSA) is 85.2 Å². The summed E-state index contributed by atoms with van der Waals surface area (Å²) in [6.45, 7) is 0. The van der Waals surface area contributed by atoms with Gasteiger partial charge in [-0.1, -0.05) is 6.07 Å². The lowest BCUT2D eigenvalue weighted by Crippen LogP contribution is -2.40. The summed E-state index contributed by atoms with van der Waals surface area (Å²) < 4.78 is 3.77. The van der Waals surface area contributed by atoms with E-state index in [0.29, 0.717) is 5.65 Å². The summed E-state index contributed by atoms with van der Waals surface area (Å²) in [6, 6.07) is 5.26. The Morgan fingerprint density at radius 3 is 2.63 bits per heavy atom. The molecule has 0 bridgehead atoms. The highest BCUT2D eigenvalue weighted by Gasteiger charge is 2.13. The summed E-state index contributed by atoms with van der Waals surface area (Å²) in [6.07, 6.45) is 1.66. The molecule has 7 heteroatoms. The van der Waals surface area contributed by atoms with E-state index in [1.165, 1.54) is 23.1 Å². The predicted octanol–water partition coefficient (Wildman–Crippen LogP) is -0.636. The SMILES string of the molecule is Cn1c(=O)c2c(=N)n3ccccc3nc2n(C)c1=O. The average Bonchev–Trinajstić information content (AvgIpc) is 2.43. The Morgan fingerprint density at radius 1 is 1.16 bits per heavy atom. The fourth-order valence-electron chi connectivity index (χ4n) is 2.11. The van der Waals surface area contributed by atoms with E-state index in [0.717, 1.165) is 4.57 Å². The van der Waals surface area contributed by atoms with Crippen molar-refractivity contribution >= 4 is 16.7 Å². The van der Waals surface area contributed by atoms with Crippen molar-refractivity contribution in [2.45, 2.75) is 0 Å². The van der Waals surface area contributed by atoms with Crippen molar-refractivity contribution < 1.29 is 0 Å². The maximum absolute atomic E-state index is 12.1. The lowest BCUT2D eigenvalue weighted by Gasteiger charge is -2.08. The van der Waals surface area contributed by atoms with E-state index in [1.807, 2.05) is 0 Å². The molecule has 19 heavy (non-hydrogen) atoms. The molecule has 96 valence electrons. The van der Waals surface area contributed by atoms with Gasteiger partial charge in [0.25, 0.3) is 5.56 Å². The predicted molar refractivity (Wildman–Crippen MR) is 69.0 cm³/mol. The first kappa shape index (κ1) is 11.4. The van der Waals surface area contributed by atoms with Crippen LogP contribution < -0.4 is 16.7 Å². The number of fused-ring (bicyclic) bond motifs is 2. The Balaban J connectivity index is 2.80. The molecule has 0 radical (unpaired) electrons. The third-order valence-electron chi connectivity index (χ3n) is 3.17. The zero-order chi connectivity index (χ0) is 13.7. The third-order valence-corrected chi connectivity index (χ3v) is 3.17. The Hall–Kier alpha value is -2.70. The maximum Gasteiger partial charge on any atom is 0.332 e. The zero-order valence-electron chi connectivity index (χ0n) is 10.4. The normalized spacial score (nSPS) is 11.3. The second-order valence-corrected chi connectivity index (χ2v) is 4.29. The first-order valence-corrected chi connectivity index (χ1v) is 5.64. The molecule has 3 aromatic rings. The number of hydrogen-bond donors (Lipinski definition) is 1. The monoisotopic (exact) mass is 257 g/mol. The quantitative estimate of drug-likeness (QED) is 0.544. The average molecular weight is 257 g/mol. The van der Waals surface area contributed by atoms with Gasteiger partial charge in [-0.25, -0.2) is 9.78 Å². The van der Waals surface area contributed by atoms with Crippen LogP contribution in [0.4, 0.5) is 0 Å². The van der Waals surface area contributed by atoms with Crippen LogP contribution in [0.15, 0.2) is 34.0 Å². The van der Waals surface area contributed by atoms with Gasteiger partial charge < -0.3 is 0 Å². The first-order chi connectivity index (χ1) is 9.02. The van der Waals surface area contributed by atoms with Crippen molar-refractivity contribution in [3.8, 4) is 0 Å². The summed E-state index contributed by atoms with van der Waals surface area (Å²) in [5.41, 5.74) is -0.192. The fraction of sp³-hybridized carbons (Fsp3) is 0.167. The molecule has 0 aromatic carbocycles. The molecule has 0 saturated heterocycles. The van der Waals surface area contributed by atoms with E-state index in [9.17, 15) is 9.59 Å². The molecule has 3 aromatic heterocycles. The van der Waals surface area contributed by atoms with Crippen molar-refractivity contribution in [3.63, 3.8) is 0 Å². The van der Waals surface area contributed by atoms with Crippen LogP contribution in [0.25, 0.3) is 16.7 Å². The van der Waals surface area contributed by atoms with Crippen LogP contribution in [0.5, 0.6) is 0 Å². The zero-order valence-corrected chi connectivity index (χ0v) is 10.4. The summed E-state index contributed by atoms with van der Waals surface area (Å²) in [7, 11) is 2.93. The number of aryl methyl sites for hydroxylation is 1. The number of nitrogens with zero attached hydrogens (tertiary/aromatic N) is 4. The van der Waals surface area contributed by atoms with Gasteiger partial charge in [-0.2, -0.15) is 0 Å². The van der Waals surface area contributed by atoms with Gasteiger partial charge in [0.2, 0.25) is 0 Å². The fourth-order valence-corrected chi connectivity index (χ4v) is 2.11. The molecule has 7 nitrogen and oxygen atoms in total. The molecule has 0 aliphatic carbocycles. The minimum absolute atomic E-state index is 0.0248. The highest BCUT2D eigenvalue weighted by atomic mass is 16.2. The molecule has 0 saturated carbocycles. The lowest BCUT2D eigenvalue weighted by atomic mass is 10.3. The summed E-state index contributed by atoms with van der Waals surface area (Å²) in [5.74, 6) is 0. The summed E-state index contributed by atoms with van der Waals surface area (Å²) in [5, 5.41) is 8.26. The van der Waals surface area contributed by atoms with E-state index in [-0.39, 0.29) is 16.5 Å². The van der Waals surface area contributed by atoms with Gasteiger partial charge in [-0.3, -0.25) is 23.7 Å². The second-order valence-electron chi connectivity index (χ2n) is 4.29. The highest BCUT2D eigenvalue weighted by molar-refractivity contribution is 5.74. The number of pyridine rings is 1. The molecule has 1 N–H and O–H groups in total. The molecular weight excluding hydrogens is 246 g/mol. The molecule has 0 spiro atoms. The third kappa shape index (κ3) is 1.38. The molecule has 3 rings (SSSR count). The van der Waals surface area contributed by atoms with Crippen LogP contribution in [-0.4, -0.2) is 18.5 Å². The highest BCUT2D eigenvalue weighted by Crippen LogP contribution is 2.02. The molecule has 0 fully saturated rings. The van der Waals surface area contributed by atoms with Gasteiger partial charge in [0.15, 0.2) is 5.65 Å². The minimum Gasteiger partial charge on any atom is -0.286 e. The minimum atomic E-state index is -0.506. The van der Waals surface area contributed by atoms with E-state index in [1.54, 1.807) is 24.4 Å². The van der Waals surface area contributed by atoms with Crippen molar-refractivity contribution in [2.24, 2.45) is 14.1 Å². The Morgan fingerprint density at radius 2 is 1.89 bits per heavy atom. The van der Waals surface area contributed by atoms with Gasteiger partial charge in [-0.15, -0.1) is 0 Å². The molecule has 0 aliphatic heterocycles. The van der Waals surface area contributed by atoms with Crippen LogP contribution in [0.3, 0.4) is 0 Å². The van der Waals surface area contributed by atoms with Crippen LogP contribution >= 0.6 is 0 Å². The van der Waals surface area contributed by atoms with Crippen molar-refractivity contribution in [1.82, 2.24) is 18.5 Å². The lowest BCUT2D eigenvalue weighted by molar-refractivity contribution is 0.704. The van der Waals surface area contributed by atoms with Gasteiger partial charge in [0.05, 0.1) is 0 Å². The van der Waals surface area contributed by atoms with E-state index in [4.69, 9.17) is 5.41 Å². The first-order valence-electron chi connectivity index (χ1n) is 5.64. The molecule has 3 heterocycles. The van der Waals surface area contributed by atoms with Gasteiger partial charge in [0.1, 0.15) is 16.5 Å². The van der Waals surface area contributed by atoms with Crippen molar-refractivity contribution in [2.75, 3.05) is 0 Å². The van der Waals surface area contributed by atoms with Crippen LogP contribution in [0, 0.1) is 5.41 Å². The summed E-state index contributed by atoms with van der Waals surface area (Å²) >= 11 is 0. The summed E-state index contributed by atoms with van der Waals surface area (Å²) in [4.78, 5) is 28.3. The smallest absolute Gasteiger partial charge is 0.286 e. The number of aromatic nitrogens is 4. The van der Waals surface area contributed by atoms with Crippen molar-refractivity contribution in [3.05, 3.63) is 50.7 Å². The molecular formula is C12H11N5O2. The van der Waals surface area contributed by atoms with Gasteiger partial charge >= 0.3 is 5.69 Å². The standard InChI is InChI=1S/C12H11N5O2/c1-15-10-8(11(18)16(2)12(15)19)9(13)17-6-4-3-5-7(17)14-10/h3-6,13H,1-2H3. The van der Waals surface area contributed by atoms with Crippen LogP contribution in [0.2, 0.25) is 0 Å². The van der Waals surface area contributed by atoms with Crippen LogP contribution in [0.1, 0.15) is 0 Å². The van der Waals surface area contributed by atoms with Gasteiger partial charge in [-0.05, 0) is 12.1 Å². The largest absolute Gasteiger partial charge is 0.332 e. The molecule has 0 atom stereocenters. The van der Waals surface area contributed by atoms with Gasteiger partial charge in [0, 0.05) is 20.3 Å². The van der Waals surface area contributed by atoms with Crippen molar-refractivity contribution in [1.29, 1.82) is 5.41 Å². The molecule has 0 amide bonds. The van der Waals surface area contributed by atoms with E-state index in [2.05, 4.69) is 4.98 Å². The number of nitrogens with one attached hydrogen (secondary N) is 1. The molecule has 0 unspecified atom stereocenters. The van der Waals surface area contributed by atoms with Crippen LogP contribution in [-0.2, 0) is 14.1 Å². The number of rotatable bonds is 0. The Bertz CT molecular complexity index is 993. The maximum atomic E-state index is 12.1.